The summed E-state index contributed by atoms with van der Waals surface area (Å²) in [5.74, 6) is 0.0622. The zero-order valence-corrected chi connectivity index (χ0v) is 13.8. The van der Waals surface area contributed by atoms with E-state index in [1.807, 2.05) is 17.0 Å². The van der Waals surface area contributed by atoms with E-state index >= 15 is 0 Å². The highest BCUT2D eigenvalue weighted by atomic mass is 16.5. The highest BCUT2D eigenvalue weighted by molar-refractivity contribution is 5.88. The average Bonchev–Trinajstić information content (AvgIpc) is 2.67. The second-order valence-corrected chi connectivity index (χ2v) is 6.11. The lowest BCUT2D eigenvalue weighted by molar-refractivity contribution is -0.149. The number of carbonyl (C=O) groups is 2. The van der Waals surface area contributed by atoms with Gasteiger partial charge in [0.1, 0.15) is 6.04 Å². The van der Waals surface area contributed by atoms with Crippen LogP contribution in [0.2, 0.25) is 0 Å². The standard InChI is InChI=1S/C17H24N4O3/c22-16(4-3-14-2-1-5-18-12-14)21-7-6-19-13-15(21)17(23)20-8-10-24-11-9-20/h1-2,5,12,15,19H,3-4,6-11,13H2/t15-/m1/s1. The third-order valence-electron chi connectivity index (χ3n) is 4.52. The highest BCUT2D eigenvalue weighted by Gasteiger charge is 2.34. The summed E-state index contributed by atoms with van der Waals surface area (Å²) in [6, 6.07) is 3.43. The summed E-state index contributed by atoms with van der Waals surface area (Å²) in [7, 11) is 0. The van der Waals surface area contributed by atoms with E-state index in [1.54, 1.807) is 17.3 Å². The lowest BCUT2D eigenvalue weighted by Crippen LogP contribution is -2.61. The van der Waals surface area contributed by atoms with Crippen molar-refractivity contribution < 1.29 is 14.3 Å². The van der Waals surface area contributed by atoms with Gasteiger partial charge in [0, 0.05) is 51.5 Å². The molecule has 1 atom stereocenters. The van der Waals surface area contributed by atoms with Crippen molar-refractivity contribution in [2.75, 3.05) is 45.9 Å². The van der Waals surface area contributed by atoms with Crippen LogP contribution in [0.1, 0.15) is 12.0 Å². The summed E-state index contributed by atoms with van der Waals surface area (Å²) in [4.78, 5) is 33.0. The number of ether oxygens (including phenoxy) is 1. The van der Waals surface area contributed by atoms with Crippen LogP contribution in [0.3, 0.4) is 0 Å². The van der Waals surface area contributed by atoms with Crippen LogP contribution >= 0.6 is 0 Å². The molecule has 130 valence electrons. The number of hydrogen-bond acceptors (Lipinski definition) is 5. The van der Waals surface area contributed by atoms with Crippen molar-refractivity contribution in [1.82, 2.24) is 20.1 Å². The number of rotatable bonds is 4. The summed E-state index contributed by atoms with van der Waals surface area (Å²) in [5.41, 5.74) is 1.04. The van der Waals surface area contributed by atoms with Gasteiger partial charge in [-0.15, -0.1) is 0 Å². The van der Waals surface area contributed by atoms with Gasteiger partial charge < -0.3 is 19.9 Å². The van der Waals surface area contributed by atoms with Crippen LogP contribution in [0.5, 0.6) is 0 Å². The molecule has 0 bridgehead atoms. The number of morpholine rings is 1. The smallest absolute Gasteiger partial charge is 0.246 e. The summed E-state index contributed by atoms with van der Waals surface area (Å²) in [6.45, 7) is 4.18. The Labute approximate surface area is 142 Å². The maximum atomic E-state index is 12.8. The summed E-state index contributed by atoms with van der Waals surface area (Å²) in [6.07, 6.45) is 4.55. The molecule has 1 N–H and O–H groups in total. The molecule has 7 heteroatoms. The second kappa shape index (κ2) is 8.21. The maximum absolute atomic E-state index is 12.8. The van der Waals surface area contributed by atoms with Gasteiger partial charge in [-0.25, -0.2) is 0 Å². The van der Waals surface area contributed by atoms with E-state index in [0.29, 0.717) is 52.2 Å². The molecule has 2 aliphatic heterocycles. The van der Waals surface area contributed by atoms with E-state index in [0.717, 1.165) is 12.1 Å². The molecule has 24 heavy (non-hydrogen) atoms. The van der Waals surface area contributed by atoms with Crippen molar-refractivity contribution in [1.29, 1.82) is 0 Å². The Bertz CT molecular complexity index is 560. The molecule has 3 heterocycles. The number of nitrogens with one attached hydrogen (secondary N) is 1. The summed E-state index contributed by atoms with van der Waals surface area (Å²) < 4.78 is 5.30. The Hall–Kier alpha value is -1.99. The number of pyridine rings is 1. The first-order valence-electron chi connectivity index (χ1n) is 8.51. The van der Waals surface area contributed by atoms with Crippen LogP contribution in [0.25, 0.3) is 0 Å². The Balaban J connectivity index is 1.60. The maximum Gasteiger partial charge on any atom is 0.246 e. The van der Waals surface area contributed by atoms with Gasteiger partial charge in [0.15, 0.2) is 0 Å². The monoisotopic (exact) mass is 332 g/mol. The largest absolute Gasteiger partial charge is 0.378 e. The third kappa shape index (κ3) is 4.10. The molecule has 0 aliphatic carbocycles. The molecule has 2 saturated heterocycles. The van der Waals surface area contributed by atoms with E-state index in [1.165, 1.54) is 0 Å². The molecule has 0 spiro atoms. The lowest BCUT2D eigenvalue weighted by atomic mass is 10.1. The number of aromatic nitrogens is 1. The van der Waals surface area contributed by atoms with Crippen molar-refractivity contribution in [3.05, 3.63) is 30.1 Å². The highest BCUT2D eigenvalue weighted by Crippen LogP contribution is 2.12. The normalized spacial score (nSPS) is 21.6. The fourth-order valence-electron chi connectivity index (χ4n) is 3.16. The molecule has 3 rings (SSSR count). The van der Waals surface area contributed by atoms with Crippen LogP contribution in [0.15, 0.2) is 24.5 Å². The predicted molar refractivity (Wildman–Crippen MR) is 88.3 cm³/mol. The van der Waals surface area contributed by atoms with Crippen molar-refractivity contribution in [2.45, 2.75) is 18.9 Å². The fraction of sp³-hybridized carbons (Fsp3) is 0.588. The van der Waals surface area contributed by atoms with Gasteiger partial charge in [-0.05, 0) is 18.1 Å². The molecule has 1 aromatic heterocycles. The minimum atomic E-state index is -0.404. The van der Waals surface area contributed by atoms with Crippen LogP contribution in [-0.2, 0) is 20.7 Å². The number of amides is 2. The number of carbonyl (C=O) groups excluding carboxylic acids is 2. The minimum absolute atomic E-state index is 0.0280. The van der Waals surface area contributed by atoms with E-state index in [4.69, 9.17) is 4.74 Å². The fourth-order valence-corrected chi connectivity index (χ4v) is 3.16. The summed E-state index contributed by atoms with van der Waals surface area (Å²) in [5, 5.41) is 3.23. The lowest BCUT2D eigenvalue weighted by Gasteiger charge is -2.39. The first kappa shape index (κ1) is 16.9. The Morgan fingerprint density at radius 1 is 1.29 bits per heavy atom. The van der Waals surface area contributed by atoms with Crippen LogP contribution in [-0.4, -0.2) is 78.6 Å². The Morgan fingerprint density at radius 3 is 2.88 bits per heavy atom. The molecular weight excluding hydrogens is 308 g/mol. The van der Waals surface area contributed by atoms with Gasteiger partial charge in [-0.2, -0.15) is 0 Å². The van der Waals surface area contributed by atoms with E-state index in [-0.39, 0.29) is 11.8 Å². The predicted octanol–water partition coefficient (Wildman–Crippen LogP) is -0.327. The zero-order chi connectivity index (χ0) is 16.8. The molecule has 7 nitrogen and oxygen atoms in total. The zero-order valence-electron chi connectivity index (χ0n) is 13.8. The first-order valence-corrected chi connectivity index (χ1v) is 8.51. The van der Waals surface area contributed by atoms with Crippen molar-refractivity contribution in [2.24, 2.45) is 0 Å². The van der Waals surface area contributed by atoms with E-state index in [2.05, 4.69) is 10.3 Å². The van der Waals surface area contributed by atoms with Gasteiger partial charge in [-0.3, -0.25) is 14.6 Å². The van der Waals surface area contributed by atoms with Crippen LogP contribution < -0.4 is 5.32 Å². The quantitative estimate of drug-likeness (QED) is 0.817. The molecule has 2 amide bonds. The van der Waals surface area contributed by atoms with Crippen molar-refractivity contribution in [3.63, 3.8) is 0 Å². The van der Waals surface area contributed by atoms with E-state index in [9.17, 15) is 9.59 Å². The molecule has 0 radical (unpaired) electrons. The molecule has 0 saturated carbocycles. The first-order chi connectivity index (χ1) is 11.8. The topological polar surface area (TPSA) is 74.8 Å². The minimum Gasteiger partial charge on any atom is -0.378 e. The Kier molecular flexibility index (Phi) is 5.77. The average molecular weight is 332 g/mol. The van der Waals surface area contributed by atoms with Gasteiger partial charge in [-0.1, -0.05) is 6.07 Å². The second-order valence-electron chi connectivity index (χ2n) is 6.11. The van der Waals surface area contributed by atoms with Crippen LogP contribution in [0, 0.1) is 0 Å². The molecular formula is C17H24N4O3. The van der Waals surface area contributed by atoms with Crippen LogP contribution in [0.4, 0.5) is 0 Å². The number of nitrogens with zero attached hydrogens (tertiary/aromatic N) is 3. The molecule has 0 unspecified atom stereocenters. The molecule has 0 aromatic carbocycles. The van der Waals surface area contributed by atoms with Gasteiger partial charge in [0.25, 0.3) is 0 Å². The van der Waals surface area contributed by atoms with Gasteiger partial charge in [0.05, 0.1) is 13.2 Å². The Morgan fingerprint density at radius 2 is 2.12 bits per heavy atom. The van der Waals surface area contributed by atoms with E-state index < -0.39 is 6.04 Å². The van der Waals surface area contributed by atoms with Crippen molar-refractivity contribution >= 4 is 11.8 Å². The number of aryl methyl sites for hydroxylation is 1. The van der Waals surface area contributed by atoms with Gasteiger partial charge >= 0.3 is 0 Å². The SMILES string of the molecule is O=C([C@H]1CNCCN1C(=O)CCc1cccnc1)N1CCOCC1. The molecule has 2 aliphatic rings. The molecule has 2 fully saturated rings. The number of piperazine rings is 1. The summed E-state index contributed by atoms with van der Waals surface area (Å²) >= 11 is 0. The van der Waals surface area contributed by atoms with Gasteiger partial charge in [0.2, 0.25) is 11.8 Å². The molecule has 1 aromatic rings. The van der Waals surface area contributed by atoms with Crippen molar-refractivity contribution in [3.8, 4) is 0 Å². The number of hydrogen-bond donors (Lipinski definition) is 1. The third-order valence-corrected chi connectivity index (χ3v) is 4.52.